The predicted molar refractivity (Wildman–Crippen MR) is 171 cm³/mol. The summed E-state index contributed by atoms with van der Waals surface area (Å²) in [6.07, 6.45) is -3.28. The second kappa shape index (κ2) is 13.4. The number of carbonyl (C=O) groups is 1. The van der Waals surface area contributed by atoms with Gasteiger partial charge in [-0.1, -0.05) is 62.0 Å². The van der Waals surface area contributed by atoms with Crippen LogP contribution in [0.5, 0.6) is 5.75 Å². The van der Waals surface area contributed by atoms with Gasteiger partial charge in [0.1, 0.15) is 12.1 Å². The number of aliphatic imine (C=N–C) groups is 1. The highest BCUT2D eigenvalue weighted by Gasteiger charge is 2.33. The maximum absolute atomic E-state index is 12.9. The molecule has 0 N–H and O–H groups in total. The average molecular weight is 655 g/mol. The molecule has 0 spiro atoms. The lowest BCUT2D eigenvalue weighted by Crippen LogP contribution is -2.31. The van der Waals surface area contributed by atoms with Crippen LogP contribution in [-0.4, -0.2) is 55.2 Å². The fraction of sp³-hybridized carbons (Fsp3) is 0.258. The number of aromatic nitrogens is 3. The van der Waals surface area contributed by atoms with Crippen molar-refractivity contribution < 1.29 is 27.5 Å². The van der Waals surface area contributed by atoms with E-state index in [9.17, 15) is 18.0 Å². The Labute approximate surface area is 267 Å². The summed E-state index contributed by atoms with van der Waals surface area (Å²) in [6, 6.07) is 18.9. The lowest BCUT2D eigenvalue weighted by atomic mass is 9.99. The number of thioether (sulfide) groups is 1. The summed E-state index contributed by atoms with van der Waals surface area (Å²) in [5.74, 6) is 0.554. The largest absolute Gasteiger partial charge is 0.573 e. The maximum atomic E-state index is 12.9. The molecule has 1 saturated heterocycles. The summed E-state index contributed by atoms with van der Waals surface area (Å²) in [6.45, 7) is 6.55. The number of hydrogen-bond acceptors (Lipinski definition) is 8. The van der Waals surface area contributed by atoms with E-state index >= 15 is 0 Å². The number of carbonyl (C=O) groups excluding carboxylic acids is 1. The number of thiocarbonyl (C=S) groups is 1. The van der Waals surface area contributed by atoms with Crippen LogP contribution in [0.15, 0.2) is 78.0 Å². The molecule has 0 aliphatic carbocycles. The van der Waals surface area contributed by atoms with Gasteiger partial charge in [0, 0.05) is 12.6 Å². The molecule has 2 heterocycles. The van der Waals surface area contributed by atoms with Gasteiger partial charge in [-0.2, -0.15) is 4.99 Å². The molecular weight excluding hydrogens is 626 g/mol. The third-order valence-corrected chi connectivity index (χ3v) is 7.77. The molecule has 0 unspecified atom stereocenters. The number of anilines is 1. The second-order valence-electron chi connectivity index (χ2n) is 10.5. The van der Waals surface area contributed by atoms with Crippen molar-refractivity contribution in [1.29, 1.82) is 0 Å². The molecule has 4 aromatic rings. The van der Waals surface area contributed by atoms with E-state index in [0.717, 1.165) is 27.9 Å². The van der Waals surface area contributed by atoms with Crippen LogP contribution in [0.2, 0.25) is 0 Å². The van der Waals surface area contributed by atoms with Crippen molar-refractivity contribution >= 4 is 45.9 Å². The highest BCUT2D eigenvalue weighted by atomic mass is 32.2. The fourth-order valence-corrected chi connectivity index (χ4v) is 5.75. The first-order valence-electron chi connectivity index (χ1n) is 13.8. The number of benzene rings is 3. The standard InChI is InChI=1S/C31H29F3N6O3S2/c1-19(2)25-14-5-20(3)15-26(25)40-27(41)17-45-29(40)36-30(44)43-38(4)16-21-6-8-22(9-7-21)28-35-18-39(37-28)23-10-12-24(13-11-23)42-31(32,33)34/h5-15,18-19H,16-17H2,1-4H3/b36-29-. The van der Waals surface area contributed by atoms with Crippen LogP contribution in [0.4, 0.5) is 18.9 Å². The monoisotopic (exact) mass is 654 g/mol. The third kappa shape index (κ3) is 8.07. The number of amides is 1. The summed E-state index contributed by atoms with van der Waals surface area (Å²) in [5, 5.41) is 6.45. The van der Waals surface area contributed by atoms with Crippen molar-refractivity contribution in [3.05, 3.63) is 89.7 Å². The Hall–Kier alpha value is -4.27. The molecule has 5 rings (SSSR count). The Kier molecular flexibility index (Phi) is 9.56. The zero-order valence-corrected chi connectivity index (χ0v) is 26.4. The van der Waals surface area contributed by atoms with Crippen LogP contribution in [0, 0.1) is 6.92 Å². The number of aryl methyl sites for hydroxylation is 1. The zero-order chi connectivity index (χ0) is 32.3. The number of alkyl halides is 3. The van der Waals surface area contributed by atoms with Gasteiger partial charge in [0.2, 0.25) is 5.91 Å². The van der Waals surface area contributed by atoms with Crippen molar-refractivity contribution in [2.75, 3.05) is 17.7 Å². The van der Waals surface area contributed by atoms with Gasteiger partial charge in [-0.25, -0.2) is 9.67 Å². The highest BCUT2D eigenvalue weighted by molar-refractivity contribution is 8.15. The van der Waals surface area contributed by atoms with Gasteiger partial charge in [-0.15, -0.1) is 23.3 Å². The van der Waals surface area contributed by atoms with Gasteiger partial charge in [0.05, 0.1) is 23.7 Å². The topological polar surface area (TPSA) is 85.1 Å². The van der Waals surface area contributed by atoms with Crippen LogP contribution in [0.3, 0.4) is 0 Å². The molecule has 0 saturated carbocycles. The summed E-state index contributed by atoms with van der Waals surface area (Å²) >= 11 is 6.74. The fourth-order valence-electron chi connectivity index (χ4n) is 4.62. The van der Waals surface area contributed by atoms with Crippen LogP contribution >= 0.6 is 24.0 Å². The van der Waals surface area contributed by atoms with E-state index in [0.29, 0.717) is 23.2 Å². The van der Waals surface area contributed by atoms with Crippen molar-refractivity contribution in [1.82, 2.24) is 19.8 Å². The molecule has 0 atom stereocenters. The van der Waals surface area contributed by atoms with E-state index in [-0.39, 0.29) is 28.5 Å². The van der Waals surface area contributed by atoms with Crippen molar-refractivity contribution in [2.45, 2.75) is 39.6 Å². The van der Waals surface area contributed by atoms with Crippen molar-refractivity contribution in [3.8, 4) is 22.8 Å². The molecule has 45 heavy (non-hydrogen) atoms. The summed E-state index contributed by atoms with van der Waals surface area (Å²) in [7, 11) is 1.73. The molecule has 0 bridgehead atoms. The number of nitrogens with zero attached hydrogens (tertiary/aromatic N) is 6. The smallest absolute Gasteiger partial charge is 0.406 e. The Morgan fingerprint density at radius 1 is 1.11 bits per heavy atom. The summed E-state index contributed by atoms with van der Waals surface area (Å²) < 4.78 is 42.6. The van der Waals surface area contributed by atoms with E-state index in [4.69, 9.17) is 17.1 Å². The van der Waals surface area contributed by atoms with E-state index in [1.807, 2.05) is 49.4 Å². The molecular formula is C31H29F3N6O3S2. The van der Waals surface area contributed by atoms with Gasteiger partial charge in [-0.05, 0) is 72.1 Å². The van der Waals surface area contributed by atoms with Crippen LogP contribution in [0.25, 0.3) is 17.1 Å². The molecule has 1 amide bonds. The lowest BCUT2D eigenvalue weighted by molar-refractivity contribution is -0.274. The third-order valence-electron chi connectivity index (χ3n) is 6.68. The number of hydrogen-bond donors (Lipinski definition) is 0. The molecule has 0 radical (unpaired) electrons. The molecule has 1 aliphatic heterocycles. The van der Waals surface area contributed by atoms with Gasteiger partial charge in [-0.3, -0.25) is 9.69 Å². The molecule has 1 aromatic heterocycles. The van der Waals surface area contributed by atoms with Crippen LogP contribution in [-0.2, 0) is 16.2 Å². The first-order valence-corrected chi connectivity index (χ1v) is 15.2. The average Bonchev–Trinajstić information content (AvgIpc) is 3.60. The molecule has 1 fully saturated rings. The number of hydroxylamine groups is 2. The minimum absolute atomic E-state index is 0.0113. The molecule has 9 nitrogen and oxygen atoms in total. The summed E-state index contributed by atoms with van der Waals surface area (Å²) in [5.41, 5.74) is 5.10. The van der Waals surface area contributed by atoms with Gasteiger partial charge >= 0.3 is 11.5 Å². The summed E-state index contributed by atoms with van der Waals surface area (Å²) in [4.78, 5) is 29.0. The minimum atomic E-state index is -4.76. The van der Waals surface area contributed by atoms with Crippen LogP contribution in [0.1, 0.15) is 36.5 Å². The SMILES string of the molecule is Cc1ccc(C(C)C)c(N2C(=O)CS/C2=N\C(=S)ON(C)Cc2ccc(-c3ncn(-c4ccc(OC(F)(F)F)cc4)n3)cc2)c1. The number of amidine groups is 1. The number of ether oxygens (including phenoxy) is 1. The lowest BCUT2D eigenvalue weighted by Gasteiger charge is -2.22. The Balaban J connectivity index is 1.20. The second-order valence-corrected chi connectivity index (χ2v) is 11.8. The highest BCUT2D eigenvalue weighted by Crippen LogP contribution is 2.34. The zero-order valence-electron chi connectivity index (χ0n) is 24.8. The van der Waals surface area contributed by atoms with Crippen LogP contribution < -0.4 is 9.64 Å². The number of halogens is 3. The predicted octanol–water partition coefficient (Wildman–Crippen LogP) is 7.05. The molecule has 3 aromatic carbocycles. The molecule has 14 heteroatoms. The van der Waals surface area contributed by atoms with E-state index in [1.54, 1.807) is 17.0 Å². The quantitative estimate of drug-likeness (QED) is 0.148. The van der Waals surface area contributed by atoms with Gasteiger partial charge in [0.25, 0.3) is 0 Å². The Bertz CT molecular complexity index is 1720. The Morgan fingerprint density at radius 2 is 1.82 bits per heavy atom. The number of rotatable bonds is 8. The van der Waals surface area contributed by atoms with E-state index in [1.165, 1.54) is 47.0 Å². The molecule has 234 valence electrons. The molecule has 1 aliphatic rings. The van der Waals surface area contributed by atoms with Crippen molar-refractivity contribution in [2.24, 2.45) is 4.99 Å². The normalized spacial score (nSPS) is 14.6. The Morgan fingerprint density at radius 3 is 2.49 bits per heavy atom. The first kappa shape index (κ1) is 32.1. The minimum Gasteiger partial charge on any atom is -0.406 e. The van der Waals surface area contributed by atoms with Gasteiger partial charge in [0.15, 0.2) is 11.0 Å². The van der Waals surface area contributed by atoms with E-state index < -0.39 is 6.36 Å². The van der Waals surface area contributed by atoms with E-state index in [2.05, 4.69) is 33.7 Å². The maximum Gasteiger partial charge on any atom is 0.573 e. The first-order chi connectivity index (χ1) is 21.4. The van der Waals surface area contributed by atoms with Gasteiger partial charge < -0.3 is 9.57 Å². The van der Waals surface area contributed by atoms with Crippen molar-refractivity contribution in [3.63, 3.8) is 0 Å².